The first-order chi connectivity index (χ1) is 6.45. The molecule has 0 unspecified atom stereocenters. The zero-order valence-electron chi connectivity index (χ0n) is 7.26. The minimum absolute atomic E-state index is 0.115. The fraction of sp³-hybridized carbons (Fsp3) is 0.143. The standard InChI is InChI=1S/C7H7N3O4/c1-4-5(8)2-3-6(9(11)12)7(4)10(13)14/h2-3H,8H2,1H3. The summed E-state index contributed by atoms with van der Waals surface area (Å²) in [4.78, 5) is 19.4. The van der Waals surface area contributed by atoms with Gasteiger partial charge in [0.25, 0.3) is 0 Å². The predicted octanol–water partition coefficient (Wildman–Crippen LogP) is 1.39. The zero-order valence-corrected chi connectivity index (χ0v) is 7.26. The fourth-order valence-corrected chi connectivity index (χ4v) is 1.08. The van der Waals surface area contributed by atoms with Gasteiger partial charge in [0.2, 0.25) is 0 Å². The van der Waals surface area contributed by atoms with Gasteiger partial charge in [0.1, 0.15) is 0 Å². The molecule has 0 bridgehead atoms. The summed E-state index contributed by atoms with van der Waals surface area (Å²) < 4.78 is 0. The lowest BCUT2D eigenvalue weighted by molar-refractivity contribution is -0.422. The lowest BCUT2D eigenvalue weighted by Crippen LogP contribution is -2.01. The highest BCUT2D eigenvalue weighted by atomic mass is 16.6. The highest BCUT2D eigenvalue weighted by Crippen LogP contribution is 2.33. The monoisotopic (exact) mass is 197 g/mol. The molecule has 0 saturated carbocycles. The number of nitro groups is 2. The predicted molar refractivity (Wildman–Crippen MR) is 48.9 cm³/mol. The van der Waals surface area contributed by atoms with Crippen LogP contribution in [0.15, 0.2) is 12.1 Å². The molecule has 0 amide bonds. The van der Waals surface area contributed by atoms with E-state index in [0.29, 0.717) is 0 Å². The molecule has 1 aromatic rings. The van der Waals surface area contributed by atoms with Crippen LogP contribution in [-0.4, -0.2) is 9.85 Å². The first-order valence-corrected chi connectivity index (χ1v) is 3.63. The topological polar surface area (TPSA) is 112 Å². The van der Waals surface area contributed by atoms with Gasteiger partial charge in [-0.2, -0.15) is 0 Å². The van der Waals surface area contributed by atoms with E-state index in [-0.39, 0.29) is 11.3 Å². The second-order valence-electron chi connectivity index (χ2n) is 2.66. The minimum atomic E-state index is -0.802. The second-order valence-corrected chi connectivity index (χ2v) is 2.66. The third kappa shape index (κ3) is 1.47. The van der Waals surface area contributed by atoms with Crippen LogP contribution in [0.1, 0.15) is 5.56 Å². The number of hydrogen-bond acceptors (Lipinski definition) is 5. The van der Waals surface area contributed by atoms with Crippen LogP contribution in [0.4, 0.5) is 17.1 Å². The number of nitrogens with zero attached hydrogens (tertiary/aromatic N) is 2. The zero-order chi connectivity index (χ0) is 10.9. The molecule has 0 fully saturated rings. The van der Waals surface area contributed by atoms with Gasteiger partial charge in [-0.1, -0.05) is 0 Å². The Morgan fingerprint density at radius 3 is 2.21 bits per heavy atom. The Bertz CT molecular complexity index is 416. The van der Waals surface area contributed by atoms with E-state index in [4.69, 9.17) is 5.73 Å². The third-order valence-electron chi connectivity index (χ3n) is 1.83. The molecule has 0 atom stereocenters. The van der Waals surface area contributed by atoms with Crippen molar-refractivity contribution in [3.63, 3.8) is 0 Å². The van der Waals surface area contributed by atoms with E-state index in [9.17, 15) is 20.2 Å². The van der Waals surface area contributed by atoms with Gasteiger partial charge < -0.3 is 5.73 Å². The first kappa shape index (κ1) is 9.90. The van der Waals surface area contributed by atoms with Crippen molar-refractivity contribution in [2.24, 2.45) is 0 Å². The van der Waals surface area contributed by atoms with Crippen LogP contribution in [0.25, 0.3) is 0 Å². The number of nitrogen functional groups attached to an aromatic ring is 1. The van der Waals surface area contributed by atoms with Crippen molar-refractivity contribution < 1.29 is 9.85 Å². The Hall–Kier alpha value is -2.18. The van der Waals surface area contributed by atoms with Crippen molar-refractivity contribution in [3.8, 4) is 0 Å². The quantitative estimate of drug-likeness (QED) is 0.437. The van der Waals surface area contributed by atoms with E-state index in [1.54, 1.807) is 0 Å². The fourth-order valence-electron chi connectivity index (χ4n) is 1.08. The van der Waals surface area contributed by atoms with E-state index < -0.39 is 21.2 Å². The molecule has 7 nitrogen and oxygen atoms in total. The van der Waals surface area contributed by atoms with Crippen LogP contribution in [0, 0.1) is 27.2 Å². The van der Waals surface area contributed by atoms with E-state index in [1.807, 2.05) is 0 Å². The summed E-state index contributed by atoms with van der Waals surface area (Å²) in [6.07, 6.45) is 0. The maximum absolute atomic E-state index is 10.5. The molecule has 1 rings (SSSR count). The Morgan fingerprint density at radius 1 is 1.21 bits per heavy atom. The van der Waals surface area contributed by atoms with Crippen molar-refractivity contribution in [1.82, 2.24) is 0 Å². The van der Waals surface area contributed by atoms with E-state index in [0.717, 1.165) is 6.07 Å². The molecule has 0 spiro atoms. The number of hydrogen-bond donors (Lipinski definition) is 1. The first-order valence-electron chi connectivity index (χ1n) is 3.63. The SMILES string of the molecule is Cc1c(N)ccc([N+](=O)[O-])c1[N+](=O)[O-]. The Kier molecular flexibility index (Phi) is 2.32. The van der Waals surface area contributed by atoms with Crippen molar-refractivity contribution >= 4 is 17.1 Å². The summed E-state index contributed by atoms with van der Waals surface area (Å²) in [5.74, 6) is 0. The molecule has 2 N–H and O–H groups in total. The average molecular weight is 197 g/mol. The van der Waals surface area contributed by atoms with E-state index in [2.05, 4.69) is 0 Å². The van der Waals surface area contributed by atoms with Crippen LogP contribution in [0.3, 0.4) is 0 Å². The van der Waals surface area contributed by atoms with Gasteiger partial charge in [0.05, 0.1) is 15.4 Å². The normalized spacial score (nSPS) is 9.79. The summed E-state index contributed by atoms with van der Waals surface area (Å²) in [7, 11) is 0. The Morgan fingerprint density at radius 2 is 1.79 bits per heavy atom. The highest BCUT2D eigenvalue weighted by molar-refractivity contribution is 5.66. The van der Waals surface area contributed by atoms with Gasteiger partial charge in [-0.15, -0.1) is 0 Å². The minimum Gasteiger partial charge on any atom is -0.398 e. The molecule has 0 aliphatic rings. The summed E-state index contributed by atoms with van der Waals surface area (Å²) in [5.41, 5.74) is 4.60. The van der Waals surface area contributed by atoms with Gasteiger partial charge in [0.15, 0.2) is 0 Å². The average Bonchev–Trinajstić information content (AvgIpc) is 2.08. The molecule has 0 aromatic heterocycles. The van der Waals surface area contributed by atoms with Crippen molar-refractivity contribution in [2.75, 3.05) is 5.73 Å². The molecule has 14 heavy (non-hydrogen) atoms. The van der Waals surface area contributed by atoms with Gasteiger partial charge >= 0.3 is 11.4 Å². The van der Waals surface area contributed by atoms with Crippen LogP contribution in [0.2, 0.25) is 0 Å². The number of nitro benzene ring substituents is 2. The molecule has 7 heteroatoms. The number of anilines is 1. The number of benzene rings is 1. The molecule has 1 aromatic carbocycles. The Balaban J connectivity index is 3.53. The summed E-state index contributed by atoms with van der Waals surface area (Å²) >= 11 is 0. The lowest BCUT2D eigenvalue weighted by atomic mass is 10.1. The third-order valence-corrected chi connectivity index (χ3v) is 1.83. The smallest absolute Gasteiger partial charge is 0.350 e. The second kappa shape index (κ2) is 3.29. The molecular weight excluding hydrogens is 190 g/mol. The molecule has 74 valence electrons. The number of rotatable bonds is 2. The molecule has 0 saturated heterocycles. The van der Waals surface area contributed by atoms with Crippen molar-refractivity contribution in [2.45, 2.75) is 6.92 Å². The molecule has 0 aliphatic carbocycles. The lowest BCUT2D eigenvalue weighted by Gasteiger charge is -2.00. The maximum Gasteiger partial charge on any atom is 0.350 e. The van der Waals surface area contributed by atoms with E-state index >= 15 is 0 Å². The van der Waals surface area contributed by atoms with Gasteiger partial charge in [0, 0.05) is 11.8 Å². The van der Waals surface area contributed by atoms with Crippen LogP contribution >= 0.6 is 0 Å². The van der Waals surface area contributed by atoms with Gasteiger partial charge in [-0.25, -0.2) is 0 Å². The summed E-state index contributed by atoms with van der Waals surface area (Å²) in [6, 6.07) is 2.31. The van der Waals surface area contributed by atoms with E-state index in [1.165, 1.54) is 13.0 Å². The summed E-state index contributed by atoms with van der Waals surface area (Å²) in [6.45, 7) is 1.38. The van der Waals surface area contributed by atoms with Crippen LogP contribution < -0.4 is 5.73 Å². The van der Waals surface area contributed by atoms with Crippen LogP contribution in [0.5, 0.6) is 0 Å². The largest absolute Gasteiger partial charge is 0.398 e. The molecule has 0 radical (unpaired) electrons. The highest BCUT2D eigenvalue weighted by Gasteiger charge is 2.27. The van der Waals surface area contributed by atoms with Gasteiger partial charge in [-0.05, 0) is 13.0 Å². The molecule has 0 heterocycles. The maximum atomic E-state index is 10.5. The molecular formula is C7H7N3O4. The molecule has 0 aliphatic heterocycles. The Labute approximate surface area is 78.4 Å². The van der Waals surface area contributed by atoms with Crippen LogP contribution in [-0.2, 0) is 0 Å². The number of nitrogens with two attached hydrogens (primary N) is 1. The summed E-state index contributed by atoms with van der Waals surface area (Å²) in [5, 5.41) is 21.0. The van der Waals surface area contributed by atoms with Gasteiger partial charge in [-0.3, -0.25) is 20.2 Å². The van der Waals surface area contributed by atoms with Crippen molar-refractivity contribution in [1.29, 1.82) is 0 Å². The van der Waals surface area contributed by atoms with Crippen molar-refractivity contribution in [3.05, 3.63) is 37.9 Å².